The highest BCUT2D eigenvalue weighted by Crippen LogP contribution is 2.29. The van der Waals surface area contributed by atoms with Crippen molar-refractivity contribution in [3.05, 3.63) is 84.5 Å². The number of anilines is 2. The Labute approximate surface area is 179 Å². The fourth-order valence-corrected chi connectivity index (χ4v) is 3.48. The second-order valence-electron chi connectivity index (χ2n) is 7.09. The number of aromatic nitrogens is 2. The van der Waals surface area contributed by atoms with Crippen LogP contribution < -0.4 is 10.1 Å². The molecule has 7 heteroatoms. The zero-order valence-corrected chi connectivity index (χ0v) is 16.6. The molecule has 31 heavy (non-hydrogen) atoms. The molecule has 0 saturated heterocycles. The van der Waals surface area contributed by atoms with Crippen LogP contribution in [-0.4, -0.2) is 40.1 Å². The summed E-state index contributed by atoms with van der Waals surface area (Å²) in [5.41, 5.74) is 3.45. The van der Waals surface area contributed by atoms with E-state index in [0.29, 0.717) is 18.1 Å². The van der Waals surface area contributed by atoms with Crippen molar-refractivity contribution >= 4 is 40.6 Å². The predicted molar refractivity (Wildman–Crippen MR) is 121 cm³/mol. The molecule has 1 aromatic heterocycles. The highest BCUT2D eigenvalue weighted by molar-refractivity contribution is 5.94. The van der Waals surface area contributed by atoms with Crippen LogP contribution in [0.3, 0.4) is 0 Å². The topological polar surface area (TPSA) is 79.7 Å². The van der Waals surface area contributed by atoms with Gasteiger partial charge in [0.1, 0.15) is 24.2 Å². The van der Waals surface area contributed by atoms with Crippen LogP contribution in [-0.2, 0) is 4.79 Å². The number of carbonyl (C=O) groups excluding carboxylic acids is 1. The summed E-state index contributed by atoms with van der Waals surface area (Å²) in [4.78, 5) is 27.0. The molecule has 0 unspecified atom stereocenters. The number of nitrogens with zero attached hydrogens (tertiary/aromatic N) is 4. The third-order valence-corrected chi connectivity index (χ3v) is 5.02. The van der Waals surface area contributed by atoms with Crippen molar-refractivity contribution in [1.82, 2.24) is 14.9 Å². The van der Waals surface area contributed by atoms with Gasteiger partial charge in [0.25, 0.3) is 5.91 Å². The Morgan fingerprint density at radius 1 is 1.06 bits per heavy atom. The third kappa shape index (κ3) is 4.06. The quantitative estimate of drug-likeness (QED) is 0.602. The molecule has 1 N–H and O–H groups in total. The average Bonchev–Trinajstić information content (AvgIpc) is 3.23. The first-order chi connectivity index (χ1) is 15.3. The number of amides is 1. The Balaban J connectivity index is 1.61. The Kier molecular flexibility index (Phi) is 4.98. The second kappa shape index (κ2) is 8.23. The average molecular weight is 409 g/mol. The van der Waals surface area contributed by atoms with Crippen LogP contribution in [0.25, 0.3) is 17.0 Å². The molecule has 2 aliphatic rings. The highest BCUT2D eigenvalue weighted by Gasteiger charge is 2.15. The molecule has 1 amide bonds. The molecule has 7 nitrogen and oxygen atoms in total. The van der Waals surface area contributed by atoms with Gasteiger partial charge in [-0.25, -0.2) is 15.0 Å². The van der Waals surface area contributed by atoms with Crippen LogP contribution in [0.15, 0.2) is 84.0 Å². The fourth-order valence-electron chi connectivity index (χ4n) is 3.48. The minimum absolute atomic E-state index is 0.181. The van der Waals surface area contributed by atoms with E-state index in [1.165, 1.54) is 12.5 Å². The van der Waals surface area contributed by atoms with Crippen LogP contribution in [0.4, 0.5) is 11.5 Å². The van der Waals surface area contributed by atoms with Crippen molar-refractivity contribution in [2.24, 2.45) is 4.99 Å². The van der Waals surface area contributed by atoms with Gasteiger partial charge < -0.3 is 15.0 Å². The molecular formula is C24H19N5O2. The molecule has 0 aliphatic carbocycles. The Morgan fingerprint density at radius 2 is 2.00 bits per heavy atom. The molecule has 3 aromatic rings. The normalized spacial score (nSPS) is 19.5. The number of rotatable bonds is 0. The molecule has 5 rings (SSSR count). The first kappa shape index (κ1) is 18.7. The van der Waals surface area contributed by atoms with Gasteiger partial charge >= 0.3 is 0 Å². The zero-order valence-electron chi connectivity index (χ0n) is 16.6. The molecule has 152 valence electrons. The van der Waals surface area contributed by atoms with Crippen molar-refractivity contribution in [1.29, 1.82) is 0 Å². The van der Waals surface area contributed by atoms with E-state index in [2.05, 4.69) is 20.3 Å². The summed E-state index contributed by atoms with van der Waals surface area (Å²) in [7, 11) is 0. The maximum atomic E-state index is 12.3. The zero-order chi connectivity index (χ0) is 21.0. The van der Waals surface area contributed by atoms with E-state index in [1.807, 2.05) is 65.6 Å². The van der Waals surface area contributed by atoms with Crippen molar-refractivity contribution in [3.8, 4) is 5.75 Å². The maximum Gasteiger partial charge on any atom is 0.265 e. The summed E-state index contributed by atoms with van der Waals surface area (Å²) >= 11 is 0. The maximum absolute atomic E-state index is 12.3. The lowest BCUT2D eigenvalue weighted by molar-refractivity contribution is -0.118. The van der Waals surface area contributed by atoms with Gasteiger partial charge in [-0.3, -0.25) is 4.79 Å². The molecule has 0 fully saturated rings. The van der Waals surface area contributed by atoms with Crippen LogP contribution in [0, 0.1) is 0 Å². The van der Waals surface area contributed by atoms with E-state index in [1.54, 1.807) is 12.3 Å². The number of fused-ring (bicyclic) bond motifs is 3. The molecule has 0 radical (unpaired) electrons. The fraction of sp³-hybridized carbons (Fsp3) is 0.0833. The molecule has 0 saturated carbocycles. The van der Waals surface area contributed by atoms with E-state index in [4.69, 9.17) is 4.74 Å². The third-order valence-electron chi connectivity index (χ3n) is 5.02. The summed E-state index contributed by atoms with van der Waals surface area (Å²) in [5, 5.41) is 4.24. The van der Waals surface area contributed by atoms with E-state index < -0.39 is 0 Å². The molecular weight excluding hydrogens is 390 g/mol. The molecule has 3 heterocycles. The standard InChI is InChI=1S/C24H19N5O2/c30-23-14-29-12-4-7-18(29)15-31-19-9-10-22-20(13-19)24(27-16-26-22)28-21-8-2-1-5-17(21)6-3-11-25-23/h1-11,13,15-16H,12,14H2,(H,26,27,28)/b6-3-,18-15-,25-11-. The summed E-state index contributed by atoms with van der Waals surface area (Å²) in [6, 6.07) is 13.5. The smallest absolute Gasteiger partial charge is 0.265 e. The summed E-state index contributed by atoms with van der Waals surface area (Å²) in [6.45, 7) is 0.819. The lowest BCUT2D eigenvalue weighted by Gasteiger charge is -2.17. The molecule has 2 aliphatic heterocycles. The number of allylic oxidation sites excluding steroid dienone is 2. The van der Waals surface area contributed by atoms with Gasteiger partial charge in [-0.05, 0) is 42.0 Å². The van der Waals surface area contributed by atoms with E-state index >= 15 is 0 Å². The Morgan fingerprint density at radius 3 is 2.97 bits per heavy atom. The van der Waals surface area contributed by atoms with Gasteiger partial charge in [-0.1, -0.05) is 30.4 Å². The number of hydrogen-bond donors (Lipinski definition) is 1. The van der Waals surface area contributed by atoms with Crippen LogP contribution in [0.5, 0.6) is 5.75 Å². The number of carbonyl (C=O) groups is 1. The number of ether oxygens (including phenoxy) is 1. The molecule has 0 spiro atoms. The van der Waals surface area contributed by atoms with E-state index in [0.717, 1.165) is 27.9 Å². The predicted octanol–water partition coefficient (Wildman–Crippen LogP) is 4.09. The van der Waals surface area contributed by atoms with Crippen molar-refractivity contribution in [3.63, 3.8) is 0 Å². The molecule has 0 atom stereocenters. The summed E-state index contributed by atoms with van der Waals surface area (Å²) in [6.07, 6.45) is 12.3. The van der Waals surface area contributed by atoms with Crippen LogP contribution in [0.2, 0.25) is 0 Å². The number of benzene rings is 2. The van der Waals surface area contributed by atoms with E-state index in [9.17, 15) is 4.79 Å². The van der Waals surface area contributed by atoms with Gasteiger partial charge in [0.15, 0.2) is 0 Å². The molecule has 2 bridgehead atoms. The van der Waals surface area contributed by atoms with Gasteiger partial charge in [-0.2, -0.15) is 0 Å². The lowest BCUT2D eigenvalue weighted by atomic mass is 10.1. The van der Waals surface area contributed by atoms with Gasteiger partial charge in [0.2, 0.25) is 0 Å². The summed E-state index contributed by atoms with van der Waals surface area (Å²) < 4.78 is 5.91. The minimum atomic E-state index is -0.223. The van der Waals surface area contributed by atoms with Crippen LogP contribution in [0.1, 0.15) is 5.56 Å². The second-order valence-corrected chi connectivity index (χ2v) is 7.09. The number of para-hydroxylation sites is 1. The Hall–Kier alpha value is -4.26. The minimum Gasteiger partial charge on any atom is -0.463 e. The first-order valence-corrected chi connectivity index (χ1v) is 9.89. The SMILES string of the molecule is O=C1CN2CC=C/C2=C/Oc2ccc3ncnc(c3c2)Nc2ccccc2/C=C\C=N/1. The number of aliphatic imine (C=N–C) groups is 1. The number of hydrogen-bond acceptors (Lipinski definition) is 6. The van der Waals surface area contributed by atoms with Crippen molar-refractivity contribution in [2.45, 2.75) is 0 Å². The van der Waals surface area contributed by atoms with Crippen LogP contribution >= 0.6 is 0 Å². The van der Waals surface area contributed by atoms with Crippen molar-refractivity contribution < 1.29 is 9.53 Å². The van der Waals surface area contributed by atoms with Gasteiger partial charge in [0.05, 0.1) is 17.8 Å². The van der Waals surface area contributed by atoms with Gasteiger partial charge in [-0.15, -0.1) is 0 Å². The summed E-state index contributed by atoms with van der Waals surface area (Å²) in [5.74, 6) is 1.11. The number of nitrogens with one attached hydrogen (secondary N) is 1. The largest absolute Gasteiger partial charge is 0.463 e. The van der Waals surface area contributed by atoms with Gasteiger partial charge in [0, 0.05) is 23.8 Å². The monoisotopic (exact) mass is 409 g/mol. The lowest BCUT2D eigenvalue weighted by Crippen LogP contribution is -2.25. The first-order valence-electron chi connectivity index (χ1n) is 9.89. The highest BCUT2D eigenvalue weighted by atomic mass is 16.5. The van der Waals surface area contributed by atoms with E-state index in [-0.39, 0.29) is 12.5 Å². The Bertz CT molecular complexity index is 1280. The van der Waals surface area contributed by atoms with Crippen molar-refractivity contribution in [2.75, 3.05) is 18.4 Å². The molecule has 2 aromatic carbocycles.